The van der Waals surface area contributed by atoms with Crippen molar-refractivity contribution in [3.63, 3.8) is 0 Å². The fourth-order valence-corrected chi connectivity index (χ4v) is 3.69. The first-order valence-corrected chi connectivity index (χ1v) is 10.6. The zero-order valence-electron chi connectivity index (χ0n) is 15.4. The average molecular weight is 443 g/mol. The van der Waals surface area contributed by atoms with Gasteiger partial charge >= 0.3 is 18.1 Å². The van der Waals surface area contributed by atoms with E-state index < -0.39 is 47.4 Å². The van der Waals surface area contributed by atoms with Crippen LogP contribution in [0.2, 0.25) is 0 Å². The van der Waals surface area contributed by atoms with Crippen LogP contribution in [0.5, 0.6) is 0 Å². The lowest BCUT2D eigenvalue weighted by Gasteiger charge is -2.29. The molecule has 0 aliphatic carbocycles. The van der Waals surface area contributed by atoms with E-state index in [1.807, 2.05) is 0 Å². The number of nitrogens with zero attached hydrogens (tertiary/aromatic N) is 1. The van der Waals surface area contributed by atoms with Crippen molar-refractivity contribution in [3.05, 3.63) is 29.8 Å². The number of amides is 1. The van der Waals surface area contributed by atoms with Crippen molar-refractivity contribution in [2.24, 2.45) is 0 Å². The van der Waals surface area contributed by atoms with Gasteiger partial charge in [-0.1, -0.05) is 17.7 Å². The van der Waals surface area contributed by atoms with Gasteiger partial charge in [0.15, 0.2) is 0 Å². The second-order valence-electron chi connectivity index (χ2n) is 5.58. The number of carbonyl (C=O) groups excluding carboxylic acids is 2. The van der Waals surface area contributed by atoms with Gasteiger partial charge in [-0.3, -0.25) is 8.98 Å². The summed E-state index contributed by atoms with van der Waals surface area (Å²) in [6.07, 6.45) is -3.72. The molecular weight excluding hydrogens is 423 g/mol. The summed E-state index contributed by atoms with van der Waals surface area (Å²) in [6.45, 7) is 0.209. The molecule has 0 saturated heterocycles. The van der Waals surface area contributed by atoms with Crippen molar-refractivity contribution in [3.8, 4) is 0 Å². The van der Waals surface area contributed by atoms with E-state index in [1.165, 1.54) is 30.5 Å². The molecular formula is C16H20F3NO6S2. The zero-order valence-corrected chi connectivity index (χ0v) is 17.0. The Morgan fingerprint density at radius 2 is 1.79 bits per heavy atom. The largest absolute Gasteiger partial charge is 0.471 e. The van der Waals surface area contributed by atoms with Gasteiger partial charge in [0.2, 0.25) is 0 Å². The van der Waals surface area contributed by atoms with Gasteiger partial charge in [-0.2, -0.15) is 33.4 Å². The van der Waals surface area contributed by atoms with E-state index in [9.17, 15) is 31.2 Å². The number of halogens is 3. The Labute approximate surface area is 165 Å². The van der Waals surface area contributed by atoms with Crippen molar-refractivity contribution in [1.82, 2.24) is 4.90 Å². The minimum atomic E-state index is -5.25. The molecule has 0 spiro atoms. The van der Waals surface area contributed by atoms with Gasteiger partial charge < -0.3 is 9.64 Å². The maximum absolute atomic E-state index is 12.9. The third kappa shape index (κ3) is 6.67. The molecule has 1 atom stereocenters. The minimum Gasteiger partial charge on any atom is -0.467 e. The average Bonchev–Trinajstić information content (AvgIpc) is 2.62. The predicted octanol–water partition coefficient (Wildman–Crippen LogP) is 2.00. The number of esters is 1. The lowest BCUT2D eigenvalue weighted by molar-refractivity contribution is -0.189. The van der Waals surface area contributed by atoms with Crippen molar-refractivity contribution < 1.29 is 40.1 Å². The smallest absolute Gasteiger partial charge is 0.467 e. The SMILES string of the molecule is COC(=O)[C@H](CSC)N(CCOS(=O)(=O)c1ccc(C)cc1)C(=O)C(F)(F)F. The molecule has 158 valence electrons. The molecule has 0 radical (unpaired) electrons. The third-order valence-corrected chi connectivity index (χ3v) is 5.53. The van der Waals surface area contributed by atoms with Crippen LogP contribution < -0.4 is 0 Å². The molecule has 0 bridgehead atoms. The van der Waals surface area contributed by atoms with Crippen LogP contribution in [0.3, 0.4) is 0 Å². The number of rotatable bonds is 9. The van der Waals surface area contributed by atoms with Gasteiger partial charge in [0.1, 0.15) is 6.04 Å². The molecule has 28 heavy (non-hydrogen) atoms. The lowest BCUT2D eigenvalue weighted by Crippen LogP contribution is -2.53. The number of aryl methyl sites for hydroxylation is 1. The molecule has 0 heterocycles. The Morgan fingerprint density at radius 1 is 1.21 bits per heavy atom. The highest BCUT2D eigenvalue weighted by Gasteiger charge is 2.46. The van der Waals surface area contributed by atoms with Crippen LogP contribution in [0.15, 0.2) is 29.2 Å². The van der Waals surface area contributed by atoms with Gasteiger partial charge in [0, 0.05) is 12.3 Å². The van der Waals surface area contributed by atoms with Crippen LogP contribution in [0.4, 0.5) is 13.2 Å². The summed E-state index contributed by atoms with van der Waals surface area (Å²) in [6, 6.07) is 4.09. The van der Waals surface area contributed by atoms with Crippen molar-refractivity contribution in [1.29, 1.82) is 0 Å². The van der Waals surface area contributed by atoms with Gasteiger partial charge in [-0.15, -0.1) is 0 Å². The highest BCUT2D eigenvalue weighted by molar-refractivity contribution is 7.98. The Balaban J connectivity index is 2.99. The number of carbonyl (C=O) groups is 2. The first kappa shape index (κ1) is 24.2. The van der Waals surface area contributed by atoms with Crippen LogP contribution >= 0.6 is 11.8 Å². The normalized spacial score (nSPS) is 13.1. The van der Waals surface area contributed by atoms with Crippen LogP contribution in [0, 0.1) is 6.92 Å². The molecule has 0 N–H and O–H groups in total. The molecule has 12 heteroatoms. The van der Waals surface area contributed by atoms with E-state index in [1.54, 1.807) is 6.92 Å². The lowest BCUT2D eigenvalue weighted by atomic mass is 10.2. The Kier molecular flexibility index (Phi) is 8.76. The molecule has 0 aliphatic heterocycles. The fourth-order valence-electron chi connectivity index (χ4n) is 2.16. The topological polar surface area (TPSA) is 90.0 Å². The molecule has 0 fully saturated rings. The summed E-state index contributed by atoms with van der Waals surface area (Å²) in [7, 11) is -3.26. The van der Waals surface area contributed by atoms with Crippen molar-refractivity contribution in [2.45, 2.75) is 24.0 Å². The van der Waals surface area contributed by atoms with E-state index in [-0.39, 0.29) is 15.5 Å². The number of hydrogen-bond donors (Lipinski definition) is 0. The number of thioether (sulfide) groups is 1. The molecule has 0 unspecified atom stereocenters. The zero-order chi connectivity index (χ0) is 21.5. The van der Waals surface area contributed by atoms with Crippen LogP contribution in [0.1, 0.15) is 5.56 Å². The number of hydrogen-bond acceptors (Lipinski definition) is 7. The molecule has 0 saturated carbocycles. The summed E-state index contributed by atoms with van der Waals surface area (Å²) >= 11 is 1.03. The minimum absolute atomic E-state index is 0.167. The highest BCUT2D eigenvalue weighted by Crippen LogP contribution is 2.22. The van der Waals surface area contributed by atoms with Gasteiger partial charge in [-0.25, -0.2) is 4.79 Å². The molecule has 1 amide bonds. The number of methoxy groups -OCH3 is 1. The van der Waals surface area contributed by atoms with Gasteiger partial charge in [-0.05, 0) is 25.3 Å². The molecule has 1 rings (SSSR count). The fraction of sp³-hybridized carbons (Fsp3) is 0.500. The summed E-state index contributed by atoms with van der Waals surface area (Å²) in [5.74, 6) is -3.50. The second-order valence-corrected chi connectivity index (χ2v) is 8.11. The van der Waals surface area contributed by atoms with E-state index >= 15 is 0 Å². The number of benzene rings is 1. The molecule has 7 nitrogen and oxygen atoms in total. The van der Waals surface area contributed by atoms with E-state index in [0.29, 0.717) is 0 Å². The monoisotopic (exact) mass is 443 g/mol. The van der Waals surface area contributed by atoms with Gasteiger partial charge in [0.25, 0.3) is 10.1 Å². The third-order valence-electron chi connectivity index (χ3n) is 3.56. The van der Waals surface area contributed by atoms with E-state index in [0.717, 1.165) is 24.4 Å². The first-order chi connectivity index (χ1) is 12.9. The van der Waals surface area contributed by atoms with E-state index in [4.69, 9.17) is 4.18 Å². The van der Waals surface area contributed by atoms with Crippen molar-refractivity contribution >= 4 is 33.8 Å². The summed E-state index contributed by atoms with van der Waals surface area (Å²) in [5, 5.41) is 0. The van der Waals surface area contributed by atoms with Crippen LogP contribution in [-0.4, -0.2) is 69.7 Å². The van der Waals surface area contributed by atoms with Crippen LogP contribution in [0.25, 0.3) is 0 Å². The molecule has 1 aromatic rings. The molecule has 0 aliphatic rings. The standard InChI is InChI=1S/C16H20F3NO6S2/c1-11-4-6-12(7-5-11)28(23,24)26-9-8-20(15(22)16(17,18)19)13(10-27-3)14(21)25-2/h4-7,13H,8-10H2,1-3H3/t13-/m0/s1. The second kappa shape index (κ2) is 10.1. The maximum atomic E-state index is 12.9. The first-order valence-electron chi connectivity index (χ1n) is 7.84. The summed E-state index contributed by atoms with van der Waals surface area (Å²) < 4.78 is 72.2. The van der Waals surface area contributed by atoms with Crippen LogP contribution in [-0.2, 0) is 28.6 Å². The van der Waals surface area contributed by atoms with E-state index in [2.05, 4.69) is 4.74 Å². The van der Waals surface area contributed by atoms with Gasteiger partial charge in [0.05, 0.1) is 18.6 Å². The highest BCUT2D eigenvalue weighted by atomic mass is 32.2. The quantitative estimate of drug-likeness (QED) is 0.426. The number of alkyl halides is 3. The molecule has 1 aromatic carbocycles. The number of ether oxygens (including phenoxy) is 1. The Hall–Kier alpha value is -1.79. The van der Waals surface area contributed by atoms with Crippen molar-refractivity contribution in [2.75, 3.05) is 32.3 Å². The summed E-state index contributed by atoms with van der Waals surface area (Å²) in [4.78, 5) is 23.6. The molecule has 0 aromatic heterocycles. The Morgan fingerprint density at radius 3 is 2.25 bits per heavy atom. The maximum Gasteiger partial charge on any atom is 0.471 e. The summed E-state index contributed by atoms with van der Waals surface area (Å²) in [5.41, 5.74) is 0.805. The Bertz CT molecular complexity index is 781. The predicted molar refractivity (Wildman–Crippen MR) is 96.3 cm³/mol.